The Morgan fingerprint density at radius 1 is 1.15 bits per heavy atom. The van der Waals surface area contributed by atoms with E-state index in [2.05, 4.69) is 11.9 Å². The van der Waals surface area contributed by atoms with Crippen LogP contribution in [-0.2, 0) is 4.79 Å². The number of carbonyl (C=O) groups is 1. The first-order chi connectivity index (χ1) is 16.1. The lowest BCUT2D eigenvalue weighted by Crippen LogP contribution is -2.61. The van der Waals surface area contributed by atoms with Crippen molar-refractivity contribution in [2.45, 2.75) is 51.4 Å². The van der Waals surface area contributed by atoms with Gasteiger partial charge in [-0.2, -0.15) is 0 Å². The van der Waals surface area contributed by atoms with Gasteiger partial charge in [0.2, 0.25) is 11.1 Å². The molecule has 33 heavy (non-hydrogen) atoms. The summed E-state index contributed by atoms with van der Waals surface area (Å²) in [5.74, 6) is 1.40. The van der Waals surface area contributed by atoms with Crippen LogP contribution in [-0.4, -0.2) is 28.3 Å². The third kappa shape index (κ3) is 4.39. The van der Waals surface area contributed by atoms with Gasteiger partial charge < -0.3 is 4.74 Å². The number of para-hydroxylation sites is 2. The highest BCUT2D eigenvalue weighted by Gasteiger charge is 2.46. The molecule has 1 amide bonds. The molecule has 0 unspecified atom stereocenters. The van der Waals surface area contributed by atoms with Gasteiger partial charge in [-0.3, -0.25) is 14.6 Å². The monoisotopic (exact) mass is 465 g/mol. The van der Waals surface area contributed by atoms with Crippen LogP contribution < -0.4 is 19.9 Å². The molecule has 0 radical (unpaired) electrons. The average molecular weight is 466 g/mol. The number of thioether (sulfide) groups is 1. The SMILES string of the molecule is CCCCOc1ccccc1[C@@H]1N(C(=O)CC)c2ccccc2-c2c(=O)[nH]c(SCC)n[n+]21. The molecule has 2 aromatic carbocycles. The van der Waals surface area contributed by atoms with E-state index >= 15 is 0 Å². The highest BCUT2D eigenvalue weighted by molar-refractivity contribution is 7.99. The van der Waals surface area contributed by atoms with E-state index < -0.39 is 6.17 Å². The van der Waals surface area contributed by atoms with E-state index in [1.54, 1.807) is 9.58 Å². The number of carbonyl (C=O) groups excluding carboxylic acids is 1. The number of amides is 1. The lowest BCUT2D eigenvalue weighted by atomic mass is 10.0. The van der Waals surface area contributed by atoms with Gasteiger partial charge in [0, 0.05) is 11.5 Å². The van der Waals surface area contributed by atoms with Crippen LogP contribution in [0.2, 0.25) is 0 Å². The minimum absolute atomic E-state index is 0.0549. The normalized spacial score (nSPS) is 14.5. The molecular weight excluding hydrogens is 436 g/mol. The lowest BCUT2D eigenvalue weighted by molar-refractivity contribution is -0.763. The number of H-pyrrole nitrogens is 1. The number of ether oxygens (including phenoxy) is 1. The van der Waals surface area contributed by atoms with Crippen molar-refractivity contribution in [2.75, 3.05) is 17.3 Å². The van der Waals surface area contributed by atoms with E-state index in [1.807, 2.05) is 62.4 Å². The van der Waals surface area contributed by atoms with Crippen LogP contribution in [0.3, 0.4) is 0 Å². The number of nitrogens with zero attached hydrogens (tertiary/aromatic N) is 3. The molecule has 1 aromatic heterocycles. The third-order valence-electron chi connectivity index (χ3n) is 5.56. The Kier molecular flexibility index (Phi) is 7.13. The van der Waals surface area contributed by atoms with Gasteiger partial charge in [0.25, 0.3) is 6.17 Å². The fraction of sp³-hybridized carbons (Fsp3) is 0.360. The van der Waals surface area contributed by atoms with Crippen molar-refractivity contribution in [2.24, 2.45) is 0 Å². The van der Waals surface area contributed by atoms with Crippen molar-refractivity contribution in [3.63, 3.8) is 0 Å². The topological polar surface area (TPSA) is 79.2 Å². The van der Waals surface area contributed by atoms with E-state index in [0.29, 0.717) is 40.9 Å². The Balaban J connectivity index is 2.00. The summed E-state index contributed by atoms with van der Waals surface area (Å²) in [5.41, 5.74) is 2.37. The number of benzene rings is 2. The molecular formula is C25H29N4O3S+. The fourth-order valence-electron chi connectivity index (χ4n) is 4.05. The minimum Gasteiger partial charge on any atom is -0.493 e. The Morgan fingerprint density at radius 3 is 2.67 bits per heavy atom. The van der Waals surface area contributed by atoms with Crippen molar-refractivity contribution >= 4 is 23.4 Å². The van der Waals surface area contributed by atoms with E-state index in [4.69, 9.17) is 9.84 Å². The zero-order valence-corrected chi connectivity index (χ0v) is 20.0. The molecule has 1 N–H and O–H groups in total. The first-order valence-corrected chi connectivity index (χ1v) is 12.4. The summed E-state index contributed by atoms with van der Waals surface area (Å²) in [7, 11) is 0. The largest absolute Gasteiger partial charge is 0.493 e. The molecule has 1 aliphatic rings. The standard InChI is InChI=1S/C25H28N4O3S/c1-4-7-16-32-20-15-11-9-13-18(20)24-28(21(30)5-2)19-14-10-8-12-17(19)22-23(31)26-25(33-6-3)27-29(22)24/h8-15,24H,4-7,16H2,1-3H3/p+1/t24-/m1/s1. The highest BCUT2D eigenvalue weighted by atomic mass is 32.2. The molecule has 0 aliphatic carbocycles. The molecule has 0 saturated carbocycles. The predicted octanol–water partition coefficient (Wildman–Crippen LogP) is 4.32. The van der Waals surface area contributed by atoms with Crippen LogP contribution in [0, 0.1) is 0 Å². The second kappa shape index (κ2) is 10.2. The Hall–Kier alpha value is -3.13. The summed E-state index contributed by atoms with van der Waals surface area (Å²) in [6.45, 7) is 6.54. The molecule has 8 heteroatoms. The van der Waals surface area contributed by atoms with Crippen LogP contribution in [0.4, 0.5) is 5.69 Å². The van der Waals surface area contributed by atoms with Gasteiger partial charge >= 0.3 is 11.3 Å². The van der Waals surface area contributed by atoms with Crippen LogP contribution in [0.15, 0.2) is 58.5 Å². The summed E-state index contributed by atoms with van der Waals surface area (Å²) in [5, 5.41) is 5.32. The summed E-state index contributed by atoms with van der Waals surface area (Å²) in [4.78, 5) is 31.3. The number of aromatic nitrogens is 3. The molecule has 0 bridgehead atoms. The van der Waals surface area contributed by atoms with Gasteiger partial charge in [-0.25, -0.2) is 4.90 Å². The van der Waals surface area contributed by atoms with Crippen LogP contribution in [0.5, 0.6) is 5.75 Å². The summed E-state index contributed by atoms with van der Waals surface area (Å²) >= 11 is 1.46. The Labute approximate surface area is 197 Å². The maximum Gasteiger partial charge on any atom is 0.325 e. The molecule has 0 fully saturated rings. The second-order valence-corrected chi connectivity index (χ2v) is 8.99. The molecule has 0 spiro atoms. The summed E-state index contributed by atoms with van der Waals surface area (Å²) in [6.07, 6.45) is 1.63. The molecule has 2 heterocycles. The predicted molar refractivity (Wildman–Crippen MR) is 130 cm³/mol. The fourth-order valence-corrected chi connectivity index (χ4v) is 4.63. The number of nitrogens with one attached hydrogen (secondary N) is 1. The van der Waals surface area contributed by atoms with Crippen molar-refractivity contribution in [1.29, 1.82) is 0 Å². The molecule has 172 valence electrons. The van der Waals surface area contributed by atoms with Crippen molar-refractivity contribution in [1.82, 2.24) is 10.1 Å². The number of unbranched alkanes of at least 4 members (excludes halogenated alkanes) is 1. The highest BCUT2D eigenvalue weighted by Crippen LogP contribution is 2.39. The van der Waals surface area contributed by atoms with Gasteiger partial charge in [-0.15, -0.1) is 0 Å². The van der Waals surface area contributed by atoms with E-state index in [1.165, 1.54) is 11.8 Å². The zero-order chi connectivity index (χ0) is 23.4. The molecule has 1 atom stereocenters. The van der Waals surface area contributed by atoms with Gasteiger partial charge in [0.05, 0.1) is 23.4 Å². The van der Waals surface area contributed by atoms with Crippen molar-refractivity contribution < 1.29 is 14.2 Å². The Morgan fingerprint density at radius 2 is 1.91 bits per heavy atom. The number of rotatable bonds is 8. The van der Waals surface area contributed by atoms with Crippen LogP contribution >= 0.6 is 11.8 Å². The Bertz CT molecular complexity index is 1210. The molecule has 7 nitrogen and oxygen atoms in total. The first kappa shape index (κ1) is 23.0. The molecule has 1 aliphatic heterocycles. The minimum atomic E-state index is -0.640. The van der Waals surface area contributed by atoms with Crippen molar-refractivity contribution in [3.8, 4) is 17.0 Å². The number of fused-ring (bicyclic) bond motifs is 3. The van der Waals surface area contributed by atoms with Gasteiger partial charge in [-0.1, -0.05) is 63.2 Å². The number of hydrogen-bond acceptors (Lipinski definition) is 5. The van der Waals surface area contributed by atoms with Crippen LogP contribution in [0.25, 0.3) is 11.3 Å². The summed E-state index contributed by atoms with van der Waals surface area (Å²) < 4.78 is 7.82. The first-order valence-electron chi connectivity index (χ1n) is 11.4. The van der Waals surface area contributed by atoms with E-state index in [-0.39, 0.29) is 11.5 Å². The smallest absolute Gasteiger partial charge is 0.325 e. The number of aromatic amines is 1. The van der Waals surface area contributed by atoms with Gasteiger partial charge in [-0.05, 0) is 41.1 Å². The number of anilines is 1. The maximum absolute atomic E-state index is 13.3. The third-order valence-corrected chi connectivity index (χ3v) is 6.31. The zero-order valence-electron chi connectivity index (χ0n) is 19.2. The van der Waals surface area contributed by atoms with Gasteiger partial charge in [0.1, 0.15) is 5.75 Å². The average Bonchev–Trinajstić information content (AvgIpc) is 2.83. The van der Waals surface area contributed by atoms with Crippen molar-refractivity contribution in [3.05, 3.63) is 64.4 Å². The lowest BCUT2D eigenvalue weighted by Gasteiger charge is -2.32. The number of hydrogen-bond donors (Lipinski definition) is 1. The molecule has 3 aromatic rings. The van der Waals surface area contributed by atoms with E-state index in [9.17, 15) is 9.59 Å². The van der Waals surface area contributed by atoms with Gasteiger partial charge in [0.15, 0.2) is 0 Å². The summed E-state index contributed by atoms with van der Waals surface area (Å²) in [6, 6.07) is 15.2. The molecule has 0 saturated heterocycles. The van der Waals surface area contributed by atoms with Crippen LogP contribution in [0.1, 0.15) is 51.8 Å². The molecule has 4 rings (SSSR count). The maximum atomic E-state index is 13.3. The quantitative estimate of drug-likeness (QED) is 0.305. The van der Waals surface area contributed by atoms with E-state index in [0.717, 1.165) is 24.2 Å². The second-order valence-electron chi connectivity index (χ2n) is 7.73.